The number of ether oxygens (including phenoxy) is 4. The summed E-state index contributed by atoms with van der Waals surface area (Å²) < 4.78 is 20.8. The summed E-state index contributed by atoms with van der Waals surface area (Å²) >= 11 is 0. The van der Waals surface area contributed by atoms with Gasteiger partial charge in [-0.1, -0.05) is 6.58 Å². The van der Waals surface area contributed by atoms with E-state index in [1.54, 1.807) is 19.1 Å². The number of hydrogen-bond donors (Lipinski definition) is 2. The highest BCUT2D eigenvalue weighted by atomic mass is 16.7. The van der Waals surface area contributed by atoms with Gasteiger partial charge >= 0.3 is 0 Å². The number of benzene rings is 1. The summed E-state index contributed by atoms with van der Waals surface area (Å²) in [4.78, 5) is 10.9. The van der Waals surface area contributed by atoms with Gasteiger partial charge in [-0.05, 0) is 25.5 Å². The first kappa shape index (κ1) is 18.8. The van der Waals surface area contributed by atoms with Crippen molar-refractivity contribution in [3.8, 4) is 11.5 Å². The number of anilines is 1. The highest BCUT2D eigenvalue weighted by molar-refractivity contribution is 5.89. The molecule has 23 heavy (non-hydrogen) atoms. The summed E-state index contributed by atoms with van der Waals surface area (Å²) in [5, 5.41) is 12.3. The summed E-state index contributed by atoms with van der Waals surface area (Å²) in [6.07, 6.45) is 0.691. The lowest BCUT2D eigenvalue weighted by Crippen LogP contribution is -2.08. The Bertz CT molecular complexity index is 517. The van der Waals surface area contributed by atoms with Crippen LogP contribution in [0.5, 0.6) is 11.5 Å². The van der Waals surface area contributed by atoms with Crippen LogP contribution in [0.2, 0.25) is 0 Å². The molecule has 0 saturated carbocycles. The van der Waals surface area contributed by atoms with E-state index < -0.39 is 0 Å². The summed E-state index contributed by atoms with van der Waals surface area (Å²) in [7, 11) is 0. The van der Waals surface area contributed by atoms with Crippen molar-refractivity contribution >= 4 is 11.6 Å². The predicted molar refractivity (Wildman–Crippen MR) is 85.2 cm³/mol. The Kier molecular flexibility index (Phi) is 8.56. The third-order valence-corrected chi connectivity index (χ3v) is 2.54. The molecular weight excluding hydrogens is 302 g/mol. The van der Waals surface area contributed by atoms with E-state index in [0.717, 1.165) is 0 Å². The lowest BCUT2D eigenvalue weighted by atomic mass is 10.3. The fourth-order valence-corrected chi connectivity index (χ4v) is 1.55. The van der Waals surface area contributed by atoms with Crippen molar-refractivity contribution in [3.63, 3.8) is 0 Å². The molecule has 7 nitrogen and oxygen atoms in total. The van der Waals surface area contributed by atoms with Crippen molar-refractivity contribution in [3.05, 3.63) is 30.5 Å². The average molecular weight is 325 g/mol. The normalized spacial score (nSPS) is 10.2. The van der Waals surface area contributed by atoms with Crippen LogP contribution in [0.3, 0.4) is 0 Å². The molecular formula is C16H23NO6. The zero-order valence-corrected chi connectivity index (χ0v) is 13.5. The van der Waals surface area contributed by atoms with Crippen LogP contribution < -0.4 is 10.1 Å². The number of phenolic OH excluding ortho intramolecular Hbond substituents is 1. The lowest BCUT2D eigenvalue weighted by Gasteiger charge is -2.10. The first-order valence-electron chi connectivity index (χ1n) is 7.16. The standard InChI is InChI=1S/C16H23NO6/c1-12(2)22-10-20-7-4-8-21-11-23-16-6-5-14(9-15(16)19)17-13(3)18/h5-6,9,19H,1,4,7-8,10-11H2,2-3H3,(H,17,18). The van der Waals surface area contributed by atoms with Crippen LogP contribution in [0.4, 0.5) is 5.69 Å². The van der Waals surface area contributed by atoms with Crippen LogP contribution in [-0.4, -0.2) is 37.8 Å². The number of amides is 1. The second-order valence-electron chi connectivity index (χ2n) is 4.76. The maximum atomic E-state index is 10.9. The molecule has 0 aliphatic heterocycles. The van der Waals surface area contributed by atoms with E-state index in [4.69, 9.17) is 18.9 Å². The zero-order valence-electron chi connectivity index (χ0n) is 13.5. The number of nitrogens with one attached hydrogen (secondary N) is 1. The van der Waals surface area contributed by atoms with Crippen LogP contribution in [0.1, 0.15) is 20.3 Å². The molecule has 1 aromatic rings. The third-order valence-electron chi connectivity index (χ3n) is 2.54. The van der Waals surface area contributed by atoms with Gasteiger partial charge in [0.1, 0.15) is 0 Å². The van der Waals surface area contributed by atoms with E-state index in [9.17, 15) is 9.90 Å². The van der Waals surface area contributed by atoms with E-state index >= 15 is 0 Å². The highest BCUT2D eigenvalue weighted by Crippen LogP contribution is 2.28. The minimum Gasteiger partial charge on any atom is -0.504 e. The van der Waals surface area contributed by atoms with Crippen molar-refractivity contribution in [1.82, 2.24) is 0 Å². The molecule has 0 aromatic heterocycles. The van der Waals surface area contributed by atoms with Crippen molar-refractivity contribution < 1.29 is 28.8 Å². The van der Waals surface area contributed by atoms with Crippen LogP contribution in [0.15, 0.2) is 30.5 Å². The molecule has 0 aliphatic rings. The quantitative estimate of drug-likeness (QED) is 0.369. The van der Waals surface area contributed by atoms with Crippen LogP contribution in [0.25, 0.3) is 0 Å². The van der Waals surface area contributed by atoms with E-state index in [1.807, 2.05) is 0 Å². The van der Waals surface area contributed by atoms with Gasteiger partial charge in [-0.15, -0.1) is 0 Å². The number of rotatable bonds is 11. The Morgan fingerprint density at radius 1 is 1.22 bits per heavy atom. The Hall–Kier alpha value is -2.25. The molecule has 0 fully saturated rings. The SMILES string of the molecule is C=C(C)OCOCCCOCOc1ccc(NC(C)=O)cc1O. The van der Waals surface area contributed by atoms with Gasteiger partial charge in [-0.25, -0.2) is 0 Å². The summed E-state index contributed by atoms with van der Waals surface area (Å²) in [6, 6.07) is 4.60. The molecule has 1 rings (SSSR count). The molecule has 7 heteroatoms. The Morgan fingerprint density at radius 3 is 2.52 bits per heavy atom. The molecule has 0 radical (unpaired) electrons. The molecule has 0 aliphatic carbocycles. The van der Waals surface area contributed by atoms with Crippen molar-refractivity contribution in [1.29, 1.82) is 0 Å². The monoisotopic (exact) mass is 325 g/mol. The molecule has 1 amide bonds. The van der Waals surface area contributed by atoms with Gasteiger partial charge in [-0.2, -0.15) is 0 Å². The molecule has 0 saturated heterocycles. The number of carbonyl (C=O) groups is 1. The molecule has 2 N–H and O–H groups in total. The lowest BCUT2D eigenvalue weighted by molar-refractivity contribution is -0.114. The number of aromatic hydroxyl groups is 1. The van der Waals surface area contributed by atoms with E-state index in [1.165, 1.54) is 13.0 Å². The number of phenols is 1. The number of carbonyl (C=O) groups excluding carboxylic acids is 1. The topological polar surface area (TPSA) is 86.3 Å². The molecule has 0 heterocycles. The third kappa shape index (κ3) is 8.70. The minimum absolute atomic E-state index is 0.00924. The van der Waals surface area contributed by atoms with Gasteiger partial charge in [0, 0.05) is 18.7 Å². The molecule has 128 valence electrons. The van der Waals surface area contributed by atoms with Gasteiger partial charge in [0.05, 0.1) is 19.0 Å². The van der Waals surface area contributed by atoms with Crippen LogP contribution >= 0.6 is 0 Å². The molecule has 0 atom stereocenters. The zero-order chi connectivity index (χ0) is 17.1. The largest absolute Gasteiger partial charge is 0.504 e. The van der Waals surface area contributed by atoms with Gasteiger partial charge in [0.15, 0.2) is 25.1 Å². The average Bonchev–Trinajstić information content (AvgIpc) is 2.46. The molecule has 0 spiro atoms. The Morgan fingerprint density at radius 2 is 1.91 bits per heavy atom. The fourth-order valence-electron chi connectivity index (χ4n) is 1.55. The second kappa shape index (κ2) is 10.5. The van der Waals surface area contributed by atoms with Gasteiger partial charge in [0.25, 0.3) is 0 Å². The van der Waals surface area contributed by atoms with Gasteiger partial charge in [-0.3, -0.25) is 4.79 Å². The maximum Gasteiger partial charge on any atom is 0.221 e. The van der Waals surface area contributed by atoms with E-state index in [0.29, 0.717) is 31.1 Å². The molecule has 1 aromatic carbocycles. The summed E-state index contributed by atoms with van der Waals surface area (Å²) in [5.74, 6) is 0.613. The molecule has 0 bridgehead atoms. The number of allylic oxidation sites excluding steroid dienone is 1. The fraction of sp³-hybridized carbons (Fsp3) is 0.438. The Labute approximate surface area is 135 Å². The predicted octanol–water partition coefficient (Wildman–Crippen LogP) is 2.62. The Balaban J connectivity index is 2.14. The smallest absolute Gasteiger partial charge is 0.221 e. The van der Waals surface area contributed by atoms with Crippen LogP contribution in [0, 0.1) is 0 Å². The first-order chi connectivity index (χ1) is 11.0. The first-order valence-corrected chi connectivity index (χ1v) is 7.16. The van der Waals surface area contributed by atoms with Crippen molar-refractivity contribution in [2.45, 2.75) is 20.3 Å². The summed E-state index contributed by atoms with van der Waals surface area (Å²) in [6.45, 7) is 7.88. The van der Waals surface area contributed by atoms with Crippen LogP contribution in [-0.2, 0) is 19.0 Å². The minimum atomic E-state index is -0.211. The maximum absolute atomic E-state index is 10.9. The highest BCUT2D eigenvalue weighted by Gasteiger charge is 2.04. The van der Waals surface area contributed by atoms with Gasteiger partial charge < -0.3 is 29.4 Å². The van der Waals surface area contributed by atoms with Gasteiger partial charge in [0.2, 0.25) is 5.91 Å². The molecule has 0 unspecified atom stereocenters. The van der Waals surface area contributed by atoms with E-state index in [-0.39, 0.29) is 31.0 Å². The summed E-state index contributed by atoms with van der Waals surface area (Å²) in [5.41, 5.74) is 0.498. The second-order valence-corrected chi connectivity index (χ2v) is 4.76. The van der Waals surface area contributed by atoms with Crippen molar-refractivity contribution in [2.75, 3.05) is 32.1 Å². The van der Waals surface area contributed by atoms with Crippen molar-refractivity contribution in [2.24, 2.45) is 0 Å². The van der Waals surface area contributed by atoms with E-state index in [2.05, 4.69) is 11.9 Å². The number of hydrogen-bond acceptors (Lipinski definition) is 6.